The summed E-state index contributed by atoms with van der Waals surface area (Å²) in [7, 11) is 1.47. The van der Waals surface area contributed by atoms with Crippen molar-refractivity contribution < 1.29 is 29.0 Å². The number of nitrogens with zero attached hydrogens (tertiary/aromatic N) is 2. The molecule has 1 aliphatic heterocycles. The zero-order valence-corrected chi connectivity index (χ0v) is 21.3. The summed E-state index contributed by atoms with van der Waals surface area (Å²) >= 11 is 0. The summed E-state index contributed by atoms with van der Waals surface area (Å²) in [5.74, 6) is -1.23. The highest BCUT2D eigenvalue weighted by Crippen LogP contribution is 2.44. The molecule has 2 aromatic rings. The van der Waals surface area contributed by atoms with Gasteiger partial charge in [0.2, 0.25) is 0 Å². The van der Waals surface area contributed by atoms with Gasteiger partial charge >= 0.3 is 18.2 Å². The Morgan fingerprint density at radius 2 is 1.58 bits per heavy atom. The highest BCUT2D eigenvalue weighted by molar-refractivity contribution is 5.85. The molecular weight excluding hydrogens is 460 g/mol. The molecule has 1 heterocycles. The first-order valence-electron chi connectivity index (χ1n) is 12.3. The highest BCUT2D eigenvalue weighted by Gasteiger charge is 2.47. The fraction of sp³-hybridized carbons (Fsp3) is 0.464. The molecule has 1 unspecified atom stereocenters. The van der Waals surface area contributed by atoms with Crippen LogP contribution in [0.15, 0.2) is 48.5 Å². The first-order valence-corrected chi connectivity index (χ1v) is 12.3. The normalized spacial score (nSPS) is 19.6. The van der Waals surface area contributed by atoms with Gasteiger partial charge in [0.15, 0.2) is 0 Å². The highest BCUT2D eigenvalue weighted by atomic mass is 16.6. The lowest BCUT2D eigenvalue weighted by Gasteiger charge is -2.37. The number of benzene rings is 2. The lowest BCUT2D eigenvalue weighted by atomic mass is 9.89. The molecule has 4 rings (SSSR count). The van der Waals surface area contributed by atoms with Gasteiger partial charge in [-0.15, -0.1) is 0 Å². The molecule has 1 N–H and O–H groups in total. The number of fused-ring (bicyclic) bond motifs is 3. The van der Waals surface area contributed by atoms with Crippen molar-refractivity contribution in [1.82, 2.24) is 9.80 Å². The zero-order valence-electron chi connectivity index (χ0n) is 21.3. The Balaban J connectivity index is 1.47. The van der Waals surface area contributed by atoms with Gasteiger partial charge in [-0.05, 0) is 62.3 Å². The molecule has 8 heteroatoms. The number of likely N-dealkylation sites (N-methyl/N-ethyl adjacent to an activating group) is 1. The number of rotatable bonds is 4. The van der Waals surface area contributed by atoms with Gasteiger partial charge in [0.1, 0.15) is 17.7 Å². The van der Waals surface area contributed by atoms with Gasteiger partial charge in [0.05, 0.1) is 0 Å². The van der Waals surface area contributed by atoms with E-state index in [4.69, 9.17) is 9.47 Å². The van der Waals surface area contributed by atoms with Gasteiger partial charge in [-0.1, -0.05) is 48.5 Å². The van der Waals surface area contributed by atoms with E-state index in [2.05, 4.69) is 12.1 Å². The number of carbonyl (C=O) groups excluding carboxylic acids is 2. The van der Waals surface area contributed by atoms with E-state index in [9.17, 15) is 19.5 Å². The smallest absolute Gasteiger partial charge is 0.410 e. The minimum Gasteiger partial charge on any atom is -0.479 e. The van der Waals surface area contributed by atoms with E-state index >= 15 is 0 Å². The standard InChI is InChI=1S/C28H34N2O6/c1-27(2,3)36-26(34)30-16-9-14-28(15-17-30,24(31)32)29(4)25(33)35-18-23-21-12-7-5-10-19(21)20-11-6-8-13-22(20)23/h5-8,10-13,23H,9,14-18H2,1-4H3,(H,31,32). The van der Waals surface area contributed by atoms with Crippen LogP contribution < -0.4 is 0 Å². The maximum absolute atomic E-state index is 13.2. The number of hydrogen-bond donors (Lipinski definition) is 1. The van der Waals surface area contributed by atoms with Crippen molar-refractivity contribution >= 4 is 18.2 Å². The molecule has 0 radical (unpaired) electrons. The summed E-state index contributed by atoms with van der Waals surface area (Å²) in [6.07, 6.45) is -0.450. The second kappa shape index (κ2) is 9.84. The number of amides is 2. The van der Waals surface area contributed by atoms with Gasteiger partial charge in [0, 0.05) is 26.1 Å². The molecule has 0 spiro atoms. The number of likely N-dealkylation sites (tertiary alicyclic amines) is 1. The van der Waals surface area contributed by atoms with Gasteiger partial charge < -0.3 is 19.5 Å². The van der Waals surface area contributed by atoms with E-state index in [0.717, 1.165) is 22.3 Å². The van der Waals surface area contributed by atoms with Crippen LogP contribution in [0.3, 0.4) is 0 Å². The van der Waals surface area contributed by atoms with Gasteiger partial charge in [0.25, 0.3) is 0 Å². The predicted octanol–water partition coefficient (Wildman–Crippen LogP) is 5.11. The van der Waals surface area contributed by atoms with Crippen molar-refractivity contribution in [1.29, 1.82) is 0 Å². The third-order valence-electron chi connectivity index (χ3n) is 7.12. The first kappa shape index (κ1) is 25.5. The largest absolute Gasteiger partial charge is 0.479 e. The topological polar surface area (TPSA) is 96.4 Å². The van der Waals surface area contributed by atoms with Crippen molar-refractivity contribution in [3.8, 4) is 11.1 Å². The summed E-state index contributed by atoms with van der Waals surface area (Å²) in [4.78, 5) is 40.9. The van der Waals surface area contributed by atoms with Crippen molar-refractivity contribution in [2.75, 3.05) is 26.7 Å². The Bertz CT molecular complexity index is 1110. The quantitative estimate of drug-likeness (QED) is 0.634. The number of hydrogen-bond acceptors (Lipinski definition) is 5. The van der Waals surface area contributed by atoms with Crippen molar-refractivity contribution in [2.45, 2.75) is 57.1 Å². The molecule has 2 aliphatic rings. The lowest BCUT2D eigenvalue weighted by molar-refractivity contribution is -0.150. The number of aliphatic carboxylic acids is 1. The second-order valence-corrected chi connectivity index (χ2v) is 10.5. The minimum atomic E-state index is -1.47. The van der Waals surface area contributed by atoms with Crippen molar-refractivity contribution in [3.05, 3.63) is 59.7 Å². The summed E-state index contributed by atoms with van der Waals surface area (Å²) in [6, 6.07) is 16.1. The van der Waals surface area contributed by atoms with E-state index in [1.165, 1.54) is 16.8 Å². The van der Waals surface area contributed by atoms with E-state index in [1.807, 2.05) is 36.4 Å². The van der Waals surface area contributed by atoms with Crippen LogP contribution in [0.1, 0.15) is 57.1 Å². The van der Waals surface area contributed by atoms with Crippen LogP contribution in [0, 0.1) is 0 Å². The van der Waals surface area contributed by atoms with E-state index in [-0.39, 0.29) is 31.9 Å². The summed E-state index contributed by atoms with van der Waals surface area (Å²) < 4.78 is 11.2. The Morgan fingerprint density at radius 1 is 1.00 bits per heavy atom. The zero-order chi connectivity index (χ0) is 26.1. The van der Waals surface area contributed by atoms with Crippen LogP contribution in [-0.4, -0.2) is 70.9 Å². The number of ether oxygens (including phenoxy) is 2. The molecule has 192 valence electrons. The van der Waals surface area contributed by atoms with Crippen molar-refractivity contribution in [3.63, 3.8) is 0 Å². The second-order valence-electron chi connectivity index (χ2n) is 10.5. The first-order chi connectivity index (χ1) is 17.0. The molecule has 2 amide bonds. The van der Waals surface area contributed by atoms with Crippen LogP contribution >= 0.6 is 0 Å². The summed E-state index contributed by atoms with van der Waals surface area (Å²) in [5.41, 5.74) is 2.30. The van der Waals surface area contributed by atoms with Crippen LogP contribution in [0.4, 0.5) is 9.59 Å². The van der Waals surface area contributed by atoms with Gasteiger partial charge in [-0.2, -0.15) is 0 Å². The molecule has 0 aromatic heterocycles. The Labute approximate surface area is 211 Å². The SMILES string of the molecule is CN(C(=O)OCC1c2ccccc2-c2ccccc21)C1(C(=O)O)CCCN(C(=O)OC(C)(C)C)CC1. The van der Waals surface area contributed by atoms with Crippen LogP contribution in [0.2, 0.25) is 0 Å². The molecular formula is C28H34N2O6. The summed E-state index contributed by atoms with van der Waals surface area (Å²) in [6.45, 7) is 6.00. The van der Waals surface area contributed by atoms with Gasteiger partial charge in [-0.3, -0.25) is 4.90 Å². The van der Waals surface area contributed by atoms with Crippen LogP contribution in [0.5, 0.6) is 0 Å². The molecule has 0 saturated carbocycles. The lowest BCUT2D eigenvalue weighted by Crippen LogP contribution is -2.56. The Hall–Kier alpha value is -3.55. The fourth-order valence-electron chi connectivity index (χ4n) is 5.19. The molecule has 1 saturated heterocycles. The molecule has 36 heavy (non-hydrogen) atoms. The average molecular weight is 495 g/mol. The Kier molecular flexibility index (Phi) is 6.98. The molecule has 1 atom stereocenters. The van der Waals surface area contributed by atoms with Gasteiger partial charge in [-0.25, -0.2) is 14.4 Å². The molecule has 1 fully saturated rings. The molecule has 0 bridgehead atoms. The minimum absolute atomic E-state index is 0.0856. The van der Waals surface area contributed by atoms with E-state index in [1.54, 1.807) is 20.8 Å². The van der Waals surface area contributed by atoms with E-state index < -0.39 is 29.3 Å². The number of carboxylic acid groups (broad SMARTS) is 1. The third-order valence-corrected chi connectivity index (χ3v) is 7.12. The molecule has 8 nitrogen and oxygen atoms in total. The monoisotopic (exact) mass is 494 g/mol. The maximum atomic E-state index is 13.2. The summed E-state index contributed by atoms with van der Waals surface area (Å²) in [5, 5.41) is 10.2. The number of carboxylic acids is 1. The van der Waals surface area contributed by atoms with Crippen molar-refractivity contribution in [2.24, 2.45) is 0 Å². The fourth-order valence-corrected chi connectivity index (χ4v) is 5.19. The van der Waals surface area contributed by atoms with Crippen LogP contribution in [-0.2, 0) is 14.3 Å². The van der Waals surface area contributed by atoms with Crippen LogP contribution in [0.25, 0.3) is 11.1 Å². The molecule has 2 aromatic carbocycles. The maximum Gasteiger partial charge on any atom is 0.410 e. The average Bonchev–Trinajstić information content (AvgIpc) is 2.98. The predicted molar refractivity (Wildman–Crippen MR) is 135 cm³/mol. The number of carbonyl (C=O) groups is 3. The van der Waals surface area contributed by atoms with E-state index in [0.29, 0.717) is 13.0 Å². The Morgan fingerprint density at radius 3 is 2.14 bits per heavy atom. The third kappa shape index (κ3) is 4.90. The molecule has 1 aliphatic carbocycles.